The van der Waals surface area contributed by atoms with E-state index in [0.717, 1.165) is 5.56 Å². The molecule has 0 bridgehead atoms. The Balaban J connectivity index is 2.09. The van der Waals surface area contributed by atoms with E-state index in [1.165, 1.54) is 4.90 Å². The molecule has 0 unspecified atom stereocenters. The van der Waals surface area contributed by atoms with E-state index >= 15 is 0 Å². The van der Waals surface area contributed by atoms with Crippen LogP contribution in [-0.4, -0.2) is 48.5 Å². The normalized spacial score (nSPS) is 29.8. The van der Waals surface area contributed by atoms with Gasteiger partial charge in [-0.25, -0.2) is 4.79 Å². The third-order valence-corrected chi connectivity index (χ3v) is 5.92. The van der Waals surface area contributed by atoms with Crippen molar-refractivity contribution in [1.82, 2.24) is 4.90 Å². The number of nitrogens with zero attached hydrogens (tertiary/aromatic N) is 1. The van der Waals surface area contributed by atoms with E-state index in [4.69, 9.17) is 9.47 Å². The molecule has 0 spiro atoms. The van der Waals surface area contributed by atoms with Gasteiger partial charge in [-0.3, -0.25) is 14.5 Å². The van der Waals surface area contributed by atoms with E-state index < -0.39 is 23.3 Å². The van der Waals surface area contributed by atoms with Crippen molar-refractivity contribution in [3.05, 3.63) is 29.8 Å². The Hall–Kier alpha value is -2.41. The summed E-state index contributed by atoms with van der Waals surface area (Å²) in [5, 5.41) is 1.88. The number of esters is 1. The predicted octanol–water partition coefficient (Wildman–Crippen LogP) is 0.646. The standard InChI is InChI=1S/C20H26N2O5/c1-5-20(19(25)27-7-3)15-14(17(23)22(6-2)18(15)24)16(21-20)12-8-10-13(26-4)11-9-12/h8-11,14-16,21H,5-7H2,1-4H3/p+1/t14-,15-,16-,20+/m0/s1. The zero-order chi connectivity index (χ0) is 19.8. The molecule has 2 heterocycles. The van der Waals surface area contributed by atoms with Crippen LogP contribution in [0, 0.1) is 11.8 Å². The lowest BCUT2D eigenvalue weighted by atomic mass is 9.78. The van der Waals surface area contributed by atoms with Crippen molar-refractivity contribution in [2.45, 2.75) is 38.8 Å². The van der Waals surface area contributed by atoms with Crippen molar-refractivity contribution in [1.29, 1.82) is 0 Å². The topological polar surface area (TPSA) is 89.5 Å². The first kappa shape index (κ1) is 19.4. The minimum atomic E-state index is -1.08. The van der Waals surface area contributed by atoms with Gasteiger partial charge in [0, 0.05) is 18.5 Å². The number of quaternary nitrogens is 1. The molecule has 1 aromatic carbocycles. The van der Waals surface area contributed by atoms with Gasteiger partial charge in [-0.05, 0) is 38.1 Å². The zero-order valence-electron chi connectivity index (χ0n) is 16.2. The smallest absolute Gasteiger partial charge is 0.368 e. The highest BCUT2D eigenvalue weighted by Gasteiger charge is 2.71. The lowest BCUT2D eigenvalue weighted by molar-refractivity contribution is -0.734. The van der Waals surface area contributed by atoms with Crippen LogP contribution in [0.1, 0.15) is 38.8 Å². The summed E-state index contributed by atoms with van der Waals surface area (Å²) in [7, 11) is 1.59. The van der Waals surface area contributed by atoms with Gasteiger partial charge >= 0.3 is 5.97 Å². The number of methoxy groups -OCH3 is 1. The quantitative estimate of drug-likeness (QED) is 0.582. The van der Waals surface area contributed by atoms with Crippen LogP contribution < -0.4 is 10.1 Å². The van der Waals surface area contributed by atoms with Crippen LogP contribution in [0.15, 0.2) is 24.3 Å². The fourth-order valence-corrected chi connectivity index (χ4v) is 4.57. The molecule has 2 N–H and O–H groups in total. The molecule has 3 rings (SSSR count). The summed E-state index contributed by atoms with van der Waals surface area (Å²) in [6.07, 6.45) is 0.413. The second kappa shape index (κ2) is 7.31. The van der Waals surface area contributed by atoms with Gasteiger partial charge in [-0.15, -0.1) is 0 Å². The molecule has 1 aromatic rings. The minimum Gasteiger partial charge on any atom is -0.497 e. The number of fused-ring (bicyclic) bond motifs is 1. The summed E-state index contributed by atoms with van der Waals surface area (Å²) >= 11 is 0. The first-order chi connectivity index (χ1) is 12.9. The van der Waals surface area contributed by atoms with Gasteiger partial charge in [0.1, 0.15) is 23.6 Å². The van der Waals surface area contributed by atoms with E-state index in [-0.39, 0.29) is 24.5 Å². The molecule has 2 aliphatic heterocycles. The van der Waals surface area contributed by atoms with Gasteiger partial charge in [0.25, 0.3) is 0 Å². The molecule has 27 heavy (non-hydrogen) atoms. The van der Waals surface area contributed by atoms with E-state index in [1.54, 1.807) is 21.0 Å². The monoisotopic (exact) mass is 375 g/mol. The van der Waals surface area contributed by atoms with Gasteiger partial charge in [0.2, 0.25) is 17.4 Å². The van der Waals surface area contributed by atoms with Gasteiger partial charge in [0.15, 0.2) is 0 Å². The molecular formula is C20H27N2O5+. The maximum Gasteiger partial charge on any atom is 0.368 e. The van der Waals surface area contributed by atoms with Gasteiger partial charge < -0.3 is 14.8 Å². The number of ether oxygens (including phenoxy) is 2. The van der Waals surface area contributed by atoms with E-state index in [9.17, 15) is 14.4 Å². The average Bonchev–Trinajstić information content (AvgIpc) is 3.16. The molecule has 0 saturated carbocycles. The number of nitrogens with two attached hydrogens (primary N) is 1. The molecule has 0 radical (unpaired) electrons. The summed E-state index contributed by atoms with van der Waals surface area (Å²) in [5.41, 5.74) is -0.188. The Morgan fingerprint density at radius 1 is 1.15 bits per heavy atom. The molecule has 2 saturated heterocycles. The molecule has 4 atom stereocenters. The van der Waals surface area contributed by atoms with Crippen molar-refractivity contribution < 1.29 is 29.2 Å². The van der Waals surface area contributed by atoms with Crippen molar-refractivity contribution in [3.63, 3.8) is 0 Å². The number of imide groups is 1. The Bertz CT molecular complexity index is 747. The highest BCUT2D eigenvalue weighted by molar-refractivity contribution is 6.08. The zero-order valence-corrected chi connectivity index (χ0v) is 16.2. The Morgan fingerprint density at radius 2 is 1.81 bits per heavy atom. The Kier molecular flexibility index (Phi) is 5.24. The number of carbonyl (C=O) groups is 3. The summed E-state index contributed by atoms with van der Waals surface area (Å²) in [6, 6.07) is 7.11. The van der Waals surface area contributed by atoms with E-state index in [1.807, 2.05) is 36.5 Å². The molecule has 146 valence electrons. The van der Waals surface area contributed by atoms with Crippen LogP contribution in [0.3, 0.4) is 0 Å². The van der Waals surface area contributed by atoms with Crippen molar-refractivity contribution in [3.8, 4) is 5.75 Å². The Morgan fingerprint density at radius 3 is 2.33 bits per heavy atom. The fraction of sp³-hybridized carbons (Fsp3) is 0.550. The first-order valence-corrected chi connectivity index (χ1v) is 9.47. The first-order valence-electron chi connectivity index (χ1n) is 9.47. The second-order valence-electron chi connectivity index (χ2n) is 7.00. The number of hydrogen-bond donors (Lipinski definition) is 1. The number of carbonyl (C=O) groups excluding carboxylic acids is 3. The number of hydrogen-bond acceptors (Lipinski definition) is 5. The highest BCUT2D eigenvalue weighted by atomic mass is 16.5. The van der Waals surface area contributed by atoms with Crippen molar-refractivity contribution >= 4 is 17.8 Å². The number of benzene rings is 1. The van der Waals surface area contributed by atoms with Crippen LogP contribution in [0.4, 0.5) is 0 Å². The van der Waals surface area contributed by atoms with Gasteiger partial charge in [0.05, 0.1) is 13.7 Å². The summed E-state index contributed by atoms with van der Waals surface area (Å²) in [5.74, 6) is -1.46. The fourth-order valence-electron chi connectivity index (χ4n) is 4.57. The van der Waals surface area contributed by atoms with Gasteiger partial charge in [-0.1, -0.05) is 6.92 Å². The molecule has 0 aromatic heterocycles. The Labute approximate surface area is 159 Å². The molecule has 7 heteroatoms. The van der Waals surface area contributed by atoms with E-state index in [2.05, 4.69) is 0 Å². The maximum atomic E-state index is 13.0. The third-order valence-electron chi connectivity index (χ3n) is 5.92. The average molecular weight is 375 g/mol. The SMILES string of the molecule is CCOC(=O)[C@]1(CC)[NH2+][C@@H](c2ccc(OC)cc2)[C@H]2C(=O)N(CC)C(=O)[C@H]21. The van der Waals surface area contributed by atoms with Crippen LogP contribution >= 0.6 is 0 Å². The van der Waals surface area contributed by atoms with Crippen molar-refractivity contribution in [2.24, 2.45) is 11.8 Å². The molecule has 0 aliphatic carbocycles. The van der Waals surface area contributed by atoms with E-state index in [0.29, 0.717) is 18.7 Å². The molecule has 2 amide bonds. The van der Waals surface area contributed by atoms with Crippen LogP contribution in [-0.2, 0) is 19.1 Å². The van der Waals surface area contributed by atoms with Gasteiger partial charge in [-0.2, -0.15) is 0 Å². The minimum absolute atomic E-state index is 0.204. The number of amides is 2. The van der Waals surface area contributed by atoms with Crippen LogP contribution in [0.25, 0.3) is 0 Å². The van der Waals surface area contributed by atoms with Crippen LogP contribution in [0.5, 0.6) is 5.75 Å². The highest BCUT2D eigenvalue weighted by Crippen LogP contribution is 2.45. The molecular weight excluding hydrogens is 348 g/mol. The third kappa shape index (κ3) is 2.81. The lowest BCUT2D eigenvalue weighted by Crippen LogP contribution is -2.98. The number of likely N-dealkylation sites (tertiary alicyclic amines) is 1. The summed E-state index contributed by atoms with van der Waals surface area (Å²) in [6.45, 7) is 5.93. The second-order valence-corrected chi connectivity index (χ2v) is 7.00. The largest absolute Gasteiger partial charge is 0.497 e. The summed E-state index contributed by atoms with van der Waals surface area (Å²) < 4.78 is 10.5. The molecule has 2 fully saturated rings. The van der Waals surface area contributed by atoms with Crippen molar-refractivity contribution in [2.75, 3.05) is 20.3 Å². The molecule has 7 nitrogen and oxygen atoms in total. The predicted molar refractivity (Wildman–Crippen MR) is 96.7 cm³/mol. The summed E-state index contributed by atoms with van der Waals surface area (Å²) in [4.78, 5) is 40.3. The maximum absolute atomic E-state index is 13.0. The number of rotatable bonds is 6. The molecule has 2 aliphatic rings. The van der Waals surface area contributed by atoms with Crippen LogP contribution in [0.2, 0.25) is 0 Å². The lowest BCUT2D eigenvalue weighted by Gasteiger charge is -2.28.